The molecular weight excluding hydrogens is 264 g/mol. The van der Waals surface area contributed by atoms with Crippen LogP contribution in [0.15, 0.2) is 22.9 Å². The highest BCUT2D eigenvalue weighted by atomic mass is 79.9. The molecule has 0 aromatic carbocycles. The number of amides is 1. The number of aromatic nitrogens is 1. The Bertz CT molecular complexity index is 329. The van der Waals surface area contributed by atoms with Crippen LogP contribution in [-0.2, 0) is 0 Å². The van der Waals surface area contributed by atoms with Gasteiger partial charge in [0, 0.05) is 0 Å². The fourth-order valence-corrected chi connectivity index (χ4v) is 1.16. The fourth-order valence-electron chi connectivity index (χ4n) is 0.921. The quantitative estimate of drug-likeness (QED) is 0.823. The van der Waals surface area contributed by atoms with Crippen LogP contribution in [0.25, 0.3) is 0 Å². The van der Waals surface area contributed by atoms with Gasteiger partial charge in [0.2, 0.25) is 0 Å². The first kappa shape index (κ1) is 11.8. The number of carboxylic acid groups (broad SMARTS) is 1. The van der Waals surface area contributed by atoms with Crippen LogP contribution in [0.4, 0.5) is 4.79 Å². The summed E-state index contributed by atoms with van der Waals surface area (Å²) in [6, 6.07) is 3.25. The Morgan fingerprint density at radius 1 is 1.73 bits per heavy atom. The maximum atomic E-state index is 10.3. The Hall–Kier alpha value is -1.30. The maximum absolute atomic E-state index is 10.3. The van der Waals surface area contributed by atoms with Gasteiger partial charge in [-0.25, -0.2) is 9.78 Å². The number of hydrogen-bond donors (Lipinski definition) is 2. The van der Waals surface area contributed by atoms with Crippen LogP contribution in [0.2, 0.25) is 0 Å². The molecule has 82 valence electrons. The molecule has 0 radical (unpaired) electrons. The zero-order chi connectivity index (χ0) is 11.3. The highest BCUT2D eigenvalue weighted by Crippen LogP contribution is 2.12. The molecule has 0 saturated carbocycles. The van der Waals surface area contributed by atoms with Crippen molar-refractivity contribution in [1.82, 2.24) is 10.3 Å². The molecular formula is C9H11BrN2O3. The number of hydrogen-bond acceptors (Lipinski definition) is 3. The van der Waals surface area contributed by atoms with Gasteiger partial charge in [0.15, 0.2) is 0 Å². The van der Waals surface area contributed by atoms with Crippen LogP contribution in [0, 0.1) is 0 Å². The second-order valence-electron chi connectivity index (χ2n) is 2.98. The predicted octanol–water partition coefficient (Wildman–Crippen LogP) is 1.88. The lowest BCUT2D eigenvalue weighted by molar-refractivity contribution is 0.183. The van der Waals surface area contributed by atoms with Crippen molar-refractivity contribution in [2.75, 3.05) is 6.61 Å². The Balaban J connectivity index is 2.36. The predicted molar refractivity (Wildman–Crippen MR) is 58.1 cm³/mol. The monoisotopic (exact) mass is 274 g/mol. The summed E-state index contributed by atoms with van der Waals surface area (Å²) in [6.07, 6.45) is 0.512. The number of rotatable bonds is 4. The number of pyridine rings is 1. The summed E-state index contributed by atoms with van der Waals surface area (Å²) < 4.78 is 6.04. The third kappa shape index (κ3) is 4.64. The average Bonchev–Trinajstić information content (AvgIpc) is 2.16. The van der Waals surface area contributed by atoms with Crippen molar-refractivity contribution in [1.29, 1.82) is 0 Å². The van der Waals surface area contributed by atoms with E-state index in [1.54, 1.807) is 25.3 Å². The minimum Gasteiger partial charge on any atom is -0.490 e. The summed E-state index contributed by atoms with van der Waals surface area (Å²) in [6.45, 7) is 2.00. The van der Waals surface area contributed by atoms with Gasteiger partial charge in [-0.2, -0.15) is 0 Å². The summed E-state index contributed by atoms with van der Waals surface area (Å²) in [7, 11) is 0. The van der Waals surface area contributed by atoms with Crippen molar-refractivity contribution in [3.05, 3.63) is 22.9 Å². The fraction of sp³-hybridized carbons (Fsp3) is 0.333. The molecule has 1 aromatic heterocycles. The van der Waals surface area contributed by atoms with E-state index in [2.05, 4.69) is 26.2 Å². The molecule has 0 saturated heterocycles. The molecule has 0 spiro atoms. The van der Waals surface area contributed by atoms with Gasteiger partial charge in [0.1, 0.15) is 17.0 Å². The Labute approximate surface area is 95.6 Å². The molecule has 2 N–H and O–H groups in total. The van der Waals surface area contributed by atoms with E-state index in [0.29, 0.717) is 5.75 Å². The van der Waals surface area contributed by atoms with E-state index in [4.69, 9.17) is 9.84 Å². The molecule has 1 aromatic rings. The van der Waals surface area contributed by atoms with E-state index >= 15 is 0 Å². The largest absolute Gasteiger partial charge is 0.490 e. The van der Waals surface area contributed by atoms with Gasteiger partial charge >= 0.3 is 6.09 Å². The number of halogens is 1. The molecule has 0 aliphatic carbocycles. The Kier molecular flexibility index (Phi) is 4.36. The molecule has 15 heavy (non-hydrogen) atoms. The van der Waals surface area contributed by atoms with Gasteiger partial charge in [-0.05, 0) is 35.0 Å². The minimum absolute atomic E-state index is 0.258. The second kappa shape index (κ2) is 5.55. The first-order valence-corrected chi connectivity index (χ1v) is 5.11. The first-order valence-electron chi connectivity index (χ1n) is 4.31. The van der Waals surface area contributed by atoms with E-state index in [1.807, 2.05) is 0 Å². The van der Waals surface area contributed by atoms with Crippen molar-refractivity contribution < 1.29 is 14.6 Å². The van der Waals surface area contributed by atoms with Gasteiger partial charge in [-0.1, -0.05) is 0 Å². The average molecular weight is 275 g/mol. The molecule has 1 atom stereocenters. The van der Waals surface area contributed by atoms with Crippen LogP contribution in [0.1, 0.15) is 6.92 Å². The highest BCUT2D eigenvalue weighted by molar-refractivity contribution is 9.10. The van der Waals surface area contributed by atoms with E-state index in [1.165, 1.54) is 0 Å². The minimum atomic E-state index is -1.06. The van der Waals surface area contributed by atoms with Gasteiger partial charge in [-0.15, -0.1) is 0 Å². The van der Waals surface area contributed by atoms with Crippen LogP contribution >= 0.6 is 15.9 Å². The zero-order valence-corrected chi connectivity index (χ0v) is 9.69. The third-order valence-corrected chi connectivity index (χ3v) is 2.04. The van der Waals surface area contributed by atoms with E-state index in [9.17, 15) is 4.79 Å². The van der Waals surface area contributed by atoms with Gasteiger partial charge in [-0.3, -0.25) is 0 Å². The maximum Gasteiger partial charge on any atom is 0.404 e. The summed E-state index contributed by atoms with van der Waals surface area (Å²) in [5.74, 6) is 0.609. The van der Waals surface area contributed by atoms with Crippen molar-refractivity contribution in [3.63, 3.8) is 0 Å². The topological polar surface area (TPSA) is 71.5 Å². The Morgan fingerprint density at radius 3 is 3.00 bits per heavy atom. The molecule has 5 nitrogen and oxygen atoms in total. The summed E-state index contributed by atoms with van der Waals surface area (Å²) in [4.78, 5) is 14.3. The van der Waals surface area contributed by atoms with E-state index < -0.39 is 6.09 Å². The number of nitrogens with one attached hydrogen (secondary N) is 1. The molecule has 0 unspecified atom stereocenters. The van der Waals surface area contributed by atoms with Gasteiger partial charge < -0.3 is 15.2 Å². The lowest BCUT2D eigenvalue weighted by Crippen LogP contribution is -2.35. The van der Waals surface area contributed by atoms with E-state index in [-0.39, 0.29) is 12.6 Å². The lowest BCUT2D eigenvalue weighted by atomic mass is 10.4. The summed E-state index contributed by atoms with van der Waals surface area (Å²) in [5.41, 5.74) is 0. The number of carbonyl (C=O) groups is 1. The molecule has 0 aliphatic rings. The SMILES string of the molecule is C[C@@H](COc1ccc(Br)nc1)NC(=O)O. The number of ether oxygens (including phenoxy) is 1. The zero-order valence-electron chi connectivity index (χ0n) is 8.11. The van der Waals surface area contributed by atoms with Gasteiger partial charge in [0.05, 0.1) is 12.2 Å². The van der Waals surface area contributed by atoms with Crippen molar-refractivity contribution in [3.8, 4) is 5.75 Å². The molecule has 6 heteroatoms. The van der Waals surface area contributed by atoms with Crippen molar-refractivity contribution >= 4 is 22.0 Å². The smallest absolute Gasteiger partial charge is 0.404 e. The highest BCUT2D eigenvalue weighted by Gasteiger charge is 2.05. The summed E-state index contributed by atoms with van der Waals surface area (Å²) >= 11 is 3.20. The normalized spacial score (nSPS) is 11.9. The van der Waals surface area contributed by atoms with E-state index in [0.717, 1.165) is 4.60 Å². The lowest BCUT2D eigenvalue weighted by Gasteiger charge is -2.12. The second-order valence-corrected chi connectivity index (χ2v) is 3.79. The van der Waals surface area contributed by atoms with Crippen LogP contribution < -0.4 is 10.1 Å². The van der Waals surface area contributed by atoms with Crippen LogP contribution in [-0.4, -0.2) is 28.8 Å². The first-order chi connectivity index (χ1) is 7.08. The molecule has 1 rings (SSSR count). The molecule has 0 aliphatic heterocycles. The van der Waals surface area contributed by atoms with Crippen molar-refractivity contribution in [2.45, 2.75) is 13.0 Å². The van der Waals surface area contributed by atoms with Crippen LogP contribution in [0.5, 0.6) is 5.75 Å². The number of nitrogens with zero attached hydrogens (tertiary/aromatic N) is 1. The molecule has 1 heterocycles. The Morgan fingerprint density at radius 2 is 2.47 bits per heavy atom. The van der Waals surface area contributed by atoms with Crippen LogP contribution in [0.3, 0.4) is 0 Å². The summed E-state index contributed by atoms with van der Waals surface area (Å²) in [5, 5.41) is 10.7. The standard InChI is InChI=1S/C9H11BrN2O3/c1-6(12-9(13)14)5-15-7-2-3-8(10)11-4-7/h2-4,6,12H,5H2,1H3,(H,13,14)/t6-/m0/s1. The third-order valence-electron chi connectivity index (χ3n) is 1.57. The molecule has 0 fully saturated rings. The molecule has 1 amide bonds. The molecule has 0 bridgehead atoms. The van der Waals surface area contributed by atoms with Gasteiger partial charge in [0.25, 0.3) is 0 Å². The van der Waals surface area contributed by atoms with Crippen molar-refractivity contribution in [2.24, 2.45) is 0 Å².